The lowest BCUT2D eigenvalue weighted by atomic mass is 9.55. The van der Waals surface area contributed by atoms with Crippen LogP contribution in [0.4, 0.5) is 0 Å². The van der Waals surface area contributed by atoms with E-state index in [-0.39, 0.29) is 29.8 Å². The number of rotatable bonds is 0. The van der Waals surface area contributed by atoms with Crippen molar-refractivity contribution in [1.29, 1.82) is 0 Å². The van der Waals surface area contributed by atoms with Gasteiger partial charge in [-0.15, -0.1) is 0 Å². The molecular weight excluding hydrogens is 248 g/mol. The van der Waals surface area contributed by atoms with Crippen molar-refractivity contribution in [2.45, 2.75) is 57.4 Å². The zero-order chi connectivity index (χ0) is 19.2. The summed E-state index contributed by atoms with van der Waals surface area (Å²) in [5, 5.41) is 20.6. The van der Waals surface area contributed by atoms with Crippen LogP contribution in [0, 0.1) is 17.3 Å². The summed E-state index contributed by atoms with van der Waals surface area (Å²) in [6.07, 6.45) is -3.22. The molecule has 108 valence electrons. The van der Waals surface area contributed by atoms with E-state index in [1.807, 2.05) is 6.92 Å². The maximum Gasteiger partial charge on any atom is 0.115 e. The van der Waals surface area contributed by atoms with E-state index in [1.54, 1.807) is 0 Å². The second-order valence-corrected chi connectivity index (χ2v) is 6.56. The SMILES string of the molecule is [3H]c1cc2c(c([3H])c1O)C([3H])C([3H])[C@@H]1[C@@H]2CC[C@@]2(C)[C@H]1CC([3H])C2([3H])O. The predicted octanol–water partition coefficient (Wildman–Crippen LogP) is 3.61. The lowest BCUT2D eigenvalue weighted by Crippen LogP contribution is -2.43. The van der Waals surface area contributed by atoms with Crippen LogP contribution in [0.3, 0.4) is 0 Å². The van der Waals surface area contributed by atoms with E-state index in [1.165, 1.54) is 6.07 Å². The summed E-state index contributed by atoms with van der Waals surface area (Å²) in [4.78, 5) is 0. The highest BCUT2D eigenvalue weighted by Crippen LogP contribution is 2.60. The van der Waals surface area contributed by atoms with E-state index in [0.29, 0.717) is 30.4 Å². The molecule has 2 heteroatoms. The molecule has 20 heavy (non-hydrogen) atoms. The number of hydrogen-bond donors (Lipinski definition) is 2. The van der Waals surface area contributed by atoms with Gasteiger partial charge in [0, 0.05) is 4.11 Å². The largest absolute Gasteiger partial charge is 0.508 e. The molecule has 3 aliphatic carbocycles. The minimum absolute atomic E-state index is 0.137. The molecule has 0 amide bonds. The molecule has 3 aliphatic rings. The van der Waals surface area contributed by atoms with Gasteiger partial charge in [0.15, 0.2) is 0 Å². The van der Waals surface area contributed by atoms with Crippen molar-refractivity contribution in [3.63, 3.8) is 0 Å². The van der Waals surface area contributed by atoms with E-state index in [9.17, 15) is 10.2 Å². The highest BCUT2D eigenvalue weighted by molar-refractivity contribution is 5.40. The van der Waals surface area contributed by atoms with Crippen LogP contribution in [-0.4, -0.2) is 16.3 Å². The van der Waals surface area contributed by atoms with Crippen LogP contribution in [0.25, 0.3) is 0 Å². The van der Waals surface area contributed by atoms with Crippen molar-refractivity contribution in [3.05, 3.63) is 29.3 Å². The quantitative estimate of drug-likeness (QED) is 0.764. The third-order valence-electron chi connectivity index (χ3n) is 5.69. The minimum atomic E-state index is -1.86. The Bertz CT molecular complexity index is 769. The number of fused-ring (bicyclic) bond motifs is 5. The van der Waals surface area contributed by atoms with Crippen molar-refractivity contribution >= 4 is 0 Å². The van der Waals surface area contributed by atoms with Crippen molar-refractivity contribution in [3.8, 4) is 5.75 Å². The topological polar surface area (TPSA) is 40.5 Å². The first-order chi connectivity index (χ1) is 12.0. The summed E-state index contributed by atoms with van der Waals surface area (Å²) in [5.74, 6) is -1.09. The Hall–Kier alpha value is -1.02. The van der Waals surface area contributed by atoms with Gasteiger partial charge in [0.1, 0.15) is 5.75 Å². The average molecular weight is 284 g/mol. The molecule has 0 bridgehead atoms. The summed E-state index contributed by atoms with van der Waals surface area (Å²) in [6, 6.07) is 1.16. The molecule has 4 rings (SSSR count). The summed E-state index contributed by atoms with van der Waals surface area (Å²) < 4.78 is 49.8. The van der Waals surface area contributed by atoms with E-state index in [0.717, 1.165) is 0 Å². The van der Waals surface area contributed by atoms with Crippen LogP contribution in [0.1, 0.15) is 64.2 Å². The van der Waals surface area contributed by atoms with Crippen LogP contribution >= 0.6 is 0 Å². The second kappa shape index (κ2) is 4.24. The Kier molecular flexibility index (Phi) is 1.66. The molecule has 4 unspecified atom stereocenters. The van der Waals surface area contributed by atoms with Crippen molar-refractivity contribution < 1.29 is 18.4 Å². The van der Waals surface area contributed by atoms with Crippen LogP contribution in [-0.2, 0) is 6.40 Å². The molecule has 2 N–H and O–H groups in total. The van der Waals surface area contributed by atoms with Gasteiger partial charge in [0.05, 0.1) is 10.2 Å². The summed E-state index contributed by atoms with van der Waals surface area (Å²) in [7, 11) is 0. The van der Waals surface area contributed by atoms with Gasteiger partial charge in [0.25, 0.3) is 0 Å². The fourth-order valence-corrected chi connectivity index (χ4v) is 4.49. The maximum atomic E-state index is 10.7. The summed E-state index contributed by atoms with van der Waals surface area (Å²) in [6.45, 7) is 1.83. The fraction of sp³-hybridized carbons (Fsp3) is 0.667. The fourth-order valence-electron chi connectivity index (χ4n) is 4.49. The van der Waals surface area contributed by atoms with Gasteiger partial charge < -0.3 is 10.2 Å². The predicted molar refractivity (Wildman–Crippen MR) is 78.7 cm³/mol. The molecule has 2 saturated carbocycles. The maximum absolute atomic E-state index is 10.7. The number of aliphatic hydroxyl groups is 1. The molecule has 0 saturated heterocycles. The molecule has 0 spiro atoms. The summed E-state index contributed by atoms with van der Waals surface area (Å²) >= 11 is 0. The minimum Gasteiger partial charge on any atom is -0.508 e. The third kappa shape index (κ3) is 1.60. The second-order valence-electron chi connectivity index (χ2n) is 6.56. The van der Waals surface area contributed by atoms with Gasteiger partial charge in [-0.25, -0.2) is 0 Å². The number of phenols is 1. The standard InChI is InChI=1S/C18H24O2/c1-18-9-8-14-13-5-3-12(19)10-11(13)2-4-15(14)16(18)6-7-17(18)20/h3,5,10,14-17,19-20H,2,4,6-9H2,1H3/t14-,15-,16+,17?,18+/m1/s1/i2T,3T,4T,7T,10T,17T/t2?,4?,7?,14-,15-,16+,17?,18+. The van der Waals surface area contributed by atoms with Gasteiger partial charge >= 0.3 is 0 Å². The zero-order valence-electron chi connectivity index (χ0n) is 17.6. The van der Waals surface area contributed by atoms with Crippen LogP contribution in [0.2, 0.25) is 0 Å². The normalized spacial score (nSPS) is 61.7. The molecule has 1 aromatic carbocycles. The first-order valence-electron chi connectivity index (χ1n) is 10.6. The average Bonchev–Trinajstić information content (AvgIpc) is 2.76. The molecule has 1 aromatic rings. The molecule has 8 atom stereocenters. The van der Waals surface area contributed by atoms with Gasteiger partial charge in [-0.1, -0.05) is 13.0 Å². The Balaban J connectivity index is 1.86. The third-order valence-corrected chi connectivity index (χ3v) is 5.69. The van der Waals surface area contributed by atoms with Gasteiger partial charge in [0.2, 0.25) is 0 Å². The number of benzene rings is 1. The van der Waals surface area contributed by atoms with Gasteiger partial charge in [-0.3, -0.25) is 0 Å². The van der Waals surface area contributed by atoms with Crippen molar-refractivity contribution in [1.82, 2.24) is 0 Å². The number of aromatic hydroxyl groups is 1. The molecule has 0 heterocycles. The molecule has 0 radical (unpaired) electrons. The van der Waals surface area contributed by atoms with E-state index < -0.39 is 36.4 Å². The Morgan fingerprint density at radius 1 is 1.45 bits per heavy atom. The van der Waals surface area contributed by atoms with Crippen molar-refractivity contribution in [2.24, 2.45) is 17.3 Å². The highest BCUT2D eigenvalue weighted by Gasteiger charge is 2.54. The highest BCUT2D eigenvalue weighted by atomic mass is 16.3. The first kappa shape index (κ1) is 7.84. The number of hydrogen-bond acceptors (Lipinski definition) is 2. The van der Waals surface area contributed by atoms with E-state index >= 15 is 0 Å². The lowest BCUT2D eigenvalue weighted by Gasteiger charge is -2.50. The summed E-state index contributed by atoms with van der Waals surface area (Å²) in [5.41, 5.74) is 0.238. The molecule has 2 fully saturated rings. The number of phenolic OH excluding ortho intramolecular Hbond substituents is 1. The Morgan fingerprint density at radius 3 is 3.15 bits per heavy atom. The van der Waals surface area contributed by atoms with Crippen LogP contribution in [0.5, 0.6) is 5.75 Å². The van der Waals surface area contributed by atoms with Gasteiger partial charge in [-0.2, -0.15) is 0 Å². The molecular formula is C18H24O2. The van der Waals surface area contributed by atoms with E-state index in [2.05, 4.69) is 0 Å². The van der Waals surface area contributed by atoms with E-state index in [4.69, 9.17) is 8.22 Å². The van der Waals surface area contributed by atoms with Crippen molar-refractivity contribution in [2.75, 3.05) is 0 Å². The first-order valence-corrected chi connectivity index (χ1v) is 7.34. The smallest absolute Gasteiger partial charge is 0.115 e. The molecule has 0 aliphatic heterocycles. The molecule has 0 aromatic heterocycles. The lowest BCUT2D eigenvalue weighted by molar-refractivity contribution is -0.0226. The zero-order valence-corrected chi connectivity index (χ0v) is 11.6. The van der Waals surface area contributed by atoms with Crippen LogP contribution < -0.4 is 0 Å². The van der Waals surface area contributed by atoms with Crippen LogP contribution in [0.15, 0.2) is 18.2 Å². The Morgan fingerprint density at radius 2 is 2.30 bits per heavy atom. The Labute approximate surface area is 129 Å². The molecule has 2 nitrogen and oxygen atoms in total. The monoisotopic (exact) mass is 284 g/mol. The van der Waals surface area contributed by atoms with Gasteiger partial charge in [-0.05, 0) is 84.8 Å².